The Morgan fingerprint density at radius 3 is 1.82 bits per heavy atom. The van der Waals surface area contributed by atoms with Crippen molar-refractivity contribution in [3.63, 3.8) is 0 Å². The lowest BCUT2D eigenvalue weighted by Gasteiger charge is -2.29. The fourth-order valence-corrected chi connectivity index (χ4v) is 5.46. The molecule has 1 unspecified atom stereocenters. The summed E-state index contributed by atoms with van der Waals surface area (Å²) in [6.07, 6.45) is 8.15. The van der Waals surface area contributed by atoms with Crippen LogP contribution in [0.4, 0.5) is 0 Å². The van der Waals surface area contributed by atoms with Gasteiger partial charge in [-0.1, -0.05) is 72.8 Å². The van der Waals surface area contributed by atoms with Crippen LogP contribution in [0.25, 0.3) is 0 Å². The molecule has 0 bridgehead atoms. The molecule has 1 atom stereocenters. The van der Waals surface area contributed by atoms with Crippen molar-refractivity contribution in [2.75, 3.05) is 14.1 Å². The zero-order chi connectivity index (χ0) is 15.4. The highest BCUT2D eigenvalue weighted by Crippen LogP contribution is 2.43. The molecule has 22 heavy (non-hydrogen) atoms. The van der Waals surface area contributed by atoms with Crippen molar-refractivity contribution in [1.82, 2.24) is 4.90 Å². The zero-order valence-corrected chi connectivity index (χ0v) is 14.1. The summed E-state index contributed by atoms with van der Waals surface area (Å²) in [4.78, 5) is 2.18. The van der Waals surface area contributed by atoms with Gasteiger partial charge in [-0.15, -0.1) is 0 Å². The Morgan fingerprint density at radius 1 is 0.864 bits per heavy atom. The topological polar surface area (TPSA) is 3.24 Å². The molecule has 0 heterocycles. The average Bonchev–Trinajstić information content (AvgIpc) is 2.57. The SMILES string of the molecule is CN(C)C1=CCC(P(c2ccccc2)c2ccccc2)C=C1. The van der Waals surface area contributed by atoms with E-state index in [-0.39, 0.29) is 7.92 Å². The minimum absolute atomic E-state index is 0.357. The summed E-state index contributed by atoms with van der Waals surface area (Å²) in [5, 5.41) is 2.92. The molecule has 1 aliphatic rings. The van der Waals surface area contributed by atoms with Gasteiger partial charge in [0.15, 0.2) is 0 Å². The van der Waals surface area contributed by atoms with Crippen LogP contribution in [0.3, 0.4) is 0 Å². The zero-order valence-electron chi connectivity index (χ0n) is 13.2. The Bertz CT molecular complexity index is 619. The van der Waals surface area contributed by atoms with Crippen LogP contribution in [-0.4, -0.2) is 24.7 Å². The van der Waals surface area contributed by atoms with Crippen molar-refractivity contribution in [2.45, 2.75) is 12.1 Å². The molecule has 0 spiro atoms. The second kappa shape index (κ2) is 6.94. The van der Waals surface area contributed by atoms with Crippen LogP contribution in [0.5, 0.6) is 0 Å². The smallest absolute Gasteiger partial charge is 0.0317 e. The number of benzene rings is 2. The number of nitrogens with zero attached hydrogens (tertiary/aromatic N) is 1. The van der Waals surface area contributed by atoms with Crippen LogP contribution in [-0.2, 0) is 0 Å². The molecular weight excluding hydrogens is 285 g/mol. The summed E-state index contributed by atoms with van der Waals surface area (Å²) in [6, 6.07) is 21.9. The molecule has 112 valence electrons. The summed E-state index contributed by atoms with van der Waals surface area (Å²) in [5.41, 5.74) is 1.89. The van der Waals surface area contributed by atoms with E-state index in [0.29, 0.717) is 5.66 Å². The molecule has 0 radical (unpaired) electrons. The van der Waals surface area contributed by atoms with Crippen LogP contribution in [0.1, 0.15) is 6.42 Å². The third-order valence-electron chi connectivity index (χ3n) is 3.97. The second-order valence-corrected chi connectivity index (χ2v) is 8.16. The maximum Gasteiger partial charge on any atom is 0.0317 e. The monoisotopic (exact) mass is 307 g/mol. The van der Waals surface area contributed by atoms with E-state index in [0.717, 1.165) is 6.42 Å². The Morgan fingerprint density at radius 2 is 1.41 bits per heavy atom. The molecule has 1 nitrogen and oxygen atoms in total. The van der Waals surface area contributed by atoms with Crippen molar-refractivity contribution in [2.24, 2.45) is 0 Å². The van der Waals surface area contributed by atoms with Crippen LogP contribution in [0.15, 0.2) is 84.6 Å². The molecule has 2 heteroatoms. The van der Waals surface area contributed by atoms with Gasteiger partial charge >= 0.3 is 0 Å². The standard InChI is InChI=1S/C20H22NP/c1-21(2)17-13-15-20(16-14-17)22(18-9-5-3-6-10-18)19-11-7-4-8-12-19/h3-15,20H,16H2,1-2H3. The van der Waals surface area contributed by atoms with E-state index in [1.165, 1.54) is 16.3 Å². The molecule has 2 aromatic carbocycles. The maximum atomic E-state index is 2.40. The number of rotatable bonds is 4. The highest BCUT2D eigenvalue weighted by molar-refractivity contribution is 7.73. The number of hydrogen-bond donors (Lipinski definition) is 0. The lowest BCUT2D eigenvalue weighted by Crippen LogP contribution is -2.22. The van der Waals surface area contributed by atoms with Gasteiger partial charge in [-0.25, -0.2) is 0 Å². The molecule has 2 aromatic rings. The lowest BCUT2D eigenvalue weighted by atomic mass is 10.1. The predicted octanol–water partition coefficient (Wildman–Crippen LogP) is 3.89. The maximum absolute atomic E-state index is 2.40. The number of allylic oxidation sites excluding steroid dienone is 3. The molecule has 3 rings (SSSR count). The van der Waals surface area contributed by atoms with Crippen molar-refractivity contribution < 1.29 is 0 Å². The Kier molecular flexibility index (Phi) is 4.75. The van der Waals surface area contributed by atoms with Crippen LogP contribution in [0, 0.1) is 0 Å². The first-order valence-electron chi connectivity index (χ1n) is 7.71. The van der Waals surface area contributed by atoms with E-state index in [1.807, 2.05) is 0 Å². The van der Waals surface area contributed by atoms with Crippen molar-refractivity contribution in [3.05, 3.63) is 84.6 Å². The molecule has 1 aliphatic carbocycles. The summed E-state index contributed by atoms with van der Waals surface area (Å²) < 4.78 is 0. The quantitative estimate of drug-likeness (QED) is 0.775. The fraction of sp³-hybridized carbons (Fsp3) is 0.200. The lowest BCUT2D eigenvalue weighted by molar-refractivity contribution is 0.524. The van der Waals surface area contributed by atoms with Gasteiger partial charge < -0.3 is 4.90 Å². The van der Waals surface area contributed by atoms with E-state index in [1.54, 1.807) is 0 Å². The first kappa shape index (κ1) is 15.1. The van der Waals surface area contributed by atoms with Crippen LogP contribution in [0.2, 0.25) is 0 Å². The van der Waals surface area contributed by atoms with Crippen LogP contribution < -0.4 is 10.6 Å². The van der Waals surface area contributed by atoms with E-state index < -0.39 is 0 Å². The average molecular weight is 307 g/mol. The van der Waals surface area contributed by atoms with Gasteiger partial charge in [0.05, 0.1) is 0 Å². The van der Waals surface area contributed by atoms with E-state index >= 15 is 0 Å². The Labute approximate surface area is 134 Å². The molecule has 0 aromatic heterocycles. The third-order valence-corrected chi connectivity index (χ3v) is 6.73. The Balaban J connectivity index is 1.93. The fourth-order valence-electron chi connectivity index (χ4n) is 2.83. The van der Waals surface area contributed by atoms with E-state index in [9.17, 15) is 0 Å². The summed E-state index contributed by atoms with van der Waals surface area (Å²) in [6.45, 7) is 0. The van der Waals surface area contributed by atoms with Crippen molar-refractivity contribution in [3.8, 4) is 0 Å². The van der Waals surface area contributed by atoms with E-state index in [4.69, 9.17) is 0 Å². The molecule has 0 saturated heterocycles. The molecule has 0 amide bonds. The van der Waals surface area contributed by atoms with Gasteiger partial charge in [0, 0.05) is 25.5 Å². The highest BCUT2D eigenvalue weighted by Gasteiger charge is 2.23. The summed E-state index contributed by atoms with van der Waals surface area (Å²) in [5.74, 6) is 0. The van der Waals surface area contributed by atoms with Crippen molar-refractivity contribution >= 4 is 18.5 Å². The van der Waals surface area contributed by atoms with E-state index in [2.05, 4.69) is 97.9 Å². The largest absolute Gasteiger partial charge is 0.378 e. The Hall–Kier alpha value is -1.85. The molecule has 0 fully saturated rings. The number of hydrogen-bond acceptors (Lipinski definition) is 1. The van der Waals surface area contributed by atoms with Gasteiger partial charge in [0.2, 0.25) is 0 Å². The minimum atomic E-state index is -0.357. The molecule has 0 aliphatic heterocycles. The third kappa shape index (κ3) is 3.31. The highest BCUT2D eigenvalue weighted by atomic mass is 31.1. The first-order chi connectivity index (χ1) is 10.8. The van der Waals surface area contributed by atoms with Gasteiger partial charge in [-0.05, 0) is 31.0 Å². The molecule has 0 N–H and O–H groups in total. The first-order valence-corrected chi connectivity index (χ1v) is 9.12. The van der Waals surface area contributed by atoms with Crippen LogP contribution >= 0.6 is 7.92 Å². The normalized spacial score (nSPS) is 17.4. The van der Waals surface area contributed by atoms with Gasteiger partial charge in [0.1, 0.15) is 0 Å². The van der Waals surface area contributed by atoms with Gasteiger partial charge in [-0.3, -0.25) is 0 Å². The minimum Gasteiger partial charge on any atom is -0.378 e. The predicted molar refractivity (Wildman–Crippen MR) is 98.4 cm³/mol. The second-order valence-electron chi connectivity index (χ2n) is 5.73. The summed E-state index contributed by atoms with van der Waals surface area (Å²) >= 11 is 0. The summed E-state index contributed by atoms with van der Waals surface area (Å²) in [7, 11) is 3.85. The van der Waals surface area contributed by atoms with Gasteiger partial charge in [0.25, 0.3) is 0 Å². The number of likely N-dealkylation sites (N-methyl/N-ethyl adjacent to an activating group) is 1. The van der Waals surface area contributed by atoms with Gasteiger partial charge in [-0.2, -0.15) is 0 Å². The van der Waals surface area contributed by atoms with Crippen molar-refractivity contribution in [1.29, 1.82) is 0 Å². The molecular formula is C20H22NP. The molecule has 0 saturated carbocycles.